The van der Waals surface area contributed by atoms with Gasteiger partial charge in [-0.05, 0) is 18.8 Å². The molecule has 108 valence electrons. The van der Waals surface area contributed by atoms with Crippen LogP contribution in [0.2, 0.25) is 0 Å². The van der Waals surface area contributed by atoms with Gasteiger partial charge in [-0.3, -0.25) is 13.9 Å². The minimum atomic E-state index is -0.540. The van der Waals surface area contributed by atoms with Gasteiger partial charge in [-0.1, -0.05) is 19.8 Å². The highest BCUT2D eigenvalue weighted by Gasteiger charge is 2.24. The summed E-state index contributed by atoms with van der Waals surface area (Å²) in [6, 6.07) is 2.12. The van der Waals surface area contributed by atoms with Gasteiger partial charge in [0.25, 0.3) is 5.56 Å². The Hall–Kier alpha value is -2.03. The fourth-order valence-electron chi connectivity index (χ4n) is 2.82. The Morgan fingerprint density at radius 1 is 1.20 bits per heavy atom. The molecule has 1 saturated carbocycles. The van der Waals surface area contributed by atoms with Gasteiger partial charge in [0, 0.05) is 20.1 Å². The molecule has 1 aromatic rings. The molecule has 6 nitrogen and oxygen atoms in total. The van der Waals surface area contributed by atoms with E-state index in [1.54, 1.807) is 7.05 Å². The van der Waals surface area contributed by atoms with E-state index >= 15 is 0 Å². The zero-order valence-corrected chi connectivity index (χ0v) is 12.1. The first kappa shape index (κ1) is 14.4. The van der Waals surface area contributed by atoms with Crippen LogP contribution in [0.4, 0.5) is 5.82 Å². The number of nitriles is 1. The summed E-state index contributed by atoms with van der Waals surface area (Å²) in [4.78, 5) is 24.0. The van der Waals surface area contributed by atoms with Crippen molar-refractivity contribution in [3.63, 3.8) is 0 Å². The summed E-state index contributed by atoms with van der Waals surface area (Å²) in [5.74, 6) is 0.814. The third kappa shape index (κ3) is 2.36. The SMILES string of the molecule is C[C@H]1CCCC[C@H]1Nc1c(C#N)c(=O)n(C)c(=O)n1C. The lowest BCUT2D eigenvalue weighted by atomic mass is 9.86. The summed E-state index contributed by atoms with van der Waals surface area (Å²) < 4.78 is 2.31. The lowest BCUT2D eigenvalue weighted by Gasteiger charge is -2.31. The quantitative estimate of drug-likeness (QED) is 0.872. The molecule has 0 spiro atoms. The van der Waals surface area contributed by atoms with Gasteiger partial charge in [-0.2, -0.15) is 5.26 Å². The van der Waals surface area contributed by atoms with E-state index in [1.807, 2.05) is 6.07 Å². The van der Waals surface area contributed by atoms with Crippen molar-refractivity contribution in [3.8, 4) is 6.07 Å². The van der Waals surface area contributed by atoms with Crippen molar-refractivity contribution < 1.29 is 0 Å². The summed E-state index contributed by atoms with van der Waals surface area (Å²) in [6.45, 7) is 2.15. The Morgan fingerprint density at radius 2 is 1.85 bits per heavy atom. The Balaban J connectivity index is 2.49. The third-order valence-electron chi connectivity index (χ3n) is 4.21. The molecule has 0 amide bonds. The summed E-state index contributed by atoms with van der Waals surface area (Å²) in [6.07, 6.45) is 4.45. The van der Waals surface area contributed by atoms with Crippen LogP contribution in [-0.2, 0) is 14.1 Å². The fraction of sp³-hybridized carbons (Fsp3) is 0.643. The molecule has 0 aromatic carbocycles. The first-order valence-electron chi connectivity index (χ1n) is 6.94. The minimum absolute atomic E-state index is 0.00683. The molecule has 20 heavy (non-hydrogen) atoms. The molecule has 1 aromatic heterocycles. The Labute approximate surface area is 117 Å². The molecule has 1 aliphatic rings. The number of nitrogens with one attached hydrogen (secondary N) is 1. The van der Waals surface area contributed by atoms with Crippen molar-refractivity contribution in [1.29, 1.82) is 5.26 Å². The summed E-state index contributed by atoms with van der Waals surface area (Å²) >= 11 is 0. The number of aromatic nitrogens is 2. The van der Waals surface area contributed by atoms with E-state index in [9.17, 15) is 14.9 Å². The van der Waals surface area contributed by atoms with Crippen LogP contribution < -0.4 is 16.6 Å². The van der Waals surface area contributed by atoms with E-state index in [0.29, 0.717) is 11.7 Å². The largest absolute Gasteiger partial charge is 0.367 e. The van der Waals surface area contributed by atoms with Gasteiger partial charge in [-0.25, -0.2) is 4.79 Å². The summed E-state index contributed by atoms with van der Waals surface area (Å²) in [5.41, 5.74) is -0.950. The van der Waals surface area contributed by atoms with Crippen LogP contribution in [0.25, 0.3) is 0 Å². The highest BCUT2D eigenvalue weighted by Crippen LogP contribution is 2.26. The number of rotatable bonds is 2. The zero-order valence-electron chi connectivity index (χ0n) is 12.1. The normalized spacial score (nSPS) is 22.3. The van der Waals surface area contributed by atoms with Crippen LogP contribution in [0.15, 0.2) is 9.59 Å². The maximum absolute atomic E-state index is 12.0. The summed E-state index contributed by atoms with van der Waals surface area (Å²) in [7, 11) is 2.97. The molecule has 0 unspecified atom stereocenters. The van der Waals surface area contributed by atoms with E-state index in [2.05, 4.69) is 12.2 Å². The lowest BCUT2D eigenvalue weighted by molar-refractivity contribution is 0.348. The first-order valence-corrected chi connectivity index (χ1v) is 6.94. The predicted octanol–water partition coefficient (Wildman–Crippen LogP) is 0.946. The molecular formula is C14H20N4O2. The molecule has 1 N–H and O–H groups in total. The molecule has 0 saturated heterocycles. The maximum Gasteiger partial charge on any atom is 0.332 e. The van der Waals surface area contributed by atoms with Gasteiger partial charge in [0.1, 0.15) is 11.9 Å². The van der Waals surface area contributed by atoms with E-state index in [0.717, 1.165) is 23.8 Å². The van der Waals surface area contributed by atoms with Crippen molar-refractivity contribution in [2.75, 3.05) is 5.32 Å². The lowest BCUT2D eigenvalue weighted by Crippen LogP contribution is -2.42. The summed E-state index contributed by atoms with van der Waals surface area (Å²) in [5, 5.41) is 12.5. The monoisotopic (exact) mass is 276 g/mol. The molecule has 2 rings (SSSR count). The van der Waals surface area contributed by atoms with Crippen molar-refractivity contribution in [3.05, 3.63) is 26.4 Å². The molecule has 6 heteroatoms. The smallest absolute Gasteiger partial charge is 0.332 e. The highest BCUT2D eigenvalue weighted by atomic mass is 16.2. The fourth-order valence-corrected chi connectivity index (χ4v) is 2.82. The van der Waals surface area contributed by atoms with Crippen LogP contribution in [0.3, 0.4) is 0 Å². The van der Waals surface area contributed by atoms with Crippen molar-refractivity contribution in [1.82, 2.24) is 9.13 Å². The topological polar surface area (TPSA) is 79.8 Å². The average Bonchev–Trinajstić information content (AvgIpc) is 2.45. The van der Waals surface area contributed by atoms with Crippen molar-refractivity contribution >= 4 is 5.82 Å². The third-order valence-corrected chi connectivity index (χ3v) is 4.21. The average molecular weight is 276 g/mol. The van der Waals surface area contributed by atoms with Gasteiger partial charge >= 0.3 is 5.69 Å². The van der Waals surface area contributed by atoms with E-state index < -0.39 is 11.2 Å². The van der Waals surface area contributed by atoms with E-state index in [-0.39, 0.29) is 11.6 Å². The maximum atomic E-state index is 12.0. The zero-order chi connectivity index (χ0) is 14.9. The molecule has 1 heterocycles. The van der Waals surface area contributed by atoms with Gasteiger partial charge < -0.3 is 5.32 Å². The predicted molar refractivity (Wildman–Crippen MR) is 76.7 cm³/mol. The van der Waals surface area contributed by atoms with Crippen molar-refractivity contribution in [2.45, 2.75) is 38.6 Å². The number of anilines is 1. The van der Waals surface area contributed by atoms with Gasteiger partial charge in [0.05, 0.1) is 0 Å². The first-order chi connectivity index (χ1) is 9.47. The standard InChI is InChI=1S/C14H20N4O2/c1-9-6-4-5-7-11(9)16-12-10(8-15)13(19)18(3)14(20)17(12)2/h9,11,16H,4-7H2,1-3H3/t9-,11+/m0/s1. The van der Waals surface area contributed by atoms with Crippen LogP contribution >= 0.6 is 0 Å². The van der Waals surface area contributed by atoms with Gasteiger partial charge in [0.15, 0.2) is 5.56 Å². The second-order valence-corrected chi connectivity index (χ2v) is 5.55. The van der Waals surface area contributed by atoms with Crippen LogP contribution in [0, 0.1) is 17.2 Å². The molecule has 0 radical (unpaired) electrons. The molecule has 1 fully saturated rings. The van der Waals surface area contributed by atoms with E-state index in [1.165, 1.54) is 18.0 Å². The second-order valence-electron chi connectivity index (χ2n) is 5.55. The number of hydrogen-bond acceptors (Lipinski definition) is 4. The van der Waals surface area contributed by atoms with Crippen LogP contribution in [-0.4, -0.2) is 15.2 Å². The molecular weight excluding hydrogens is 256 g/mol. The molecule has 1 aliphatic carbocycles. The van der Waals surface area contributed by atoms with Gasteiger partial charge in [0.2, 0.25) is 0 Å². The Bertz CT molecular complexity index is 665. The van der Waals surface area contributed by atoms with Crippen LogP contribution in [0.5, 0.6) is 0 Å². The number of nitrogens with zero attached hydrogens (tertiary/aromatic N) is 3. The Kier molecular flexibility index (Phi) is 3.98. The molecule has 2 atom stereocenters. The Morgan fingerprint density at radius 3 is 2.45 bits per heavy atom. The molecule has 0 bridgehead atoms. The molecule has 0 aliphatic heterocycles. The van der Waals surface area contributed by atoms with Gasteiger partial charge in [-0.15, -0.1) is 0 Å². The second kappa shape index (κ2) is 5.53. The van der Waals surface area contributed by atoms with Crippen LogP contribution in [0.1, 0.15) is 38.2 Å². The highest BCUT2D eigenvalue weighted by molar-refractivity contribution is 5.51. The van der Waals surface area contributed by atoms with Crippen molar-refractivity contribution in [2.24, 2.45) is 20.0 Å². The van der Waals surface area contributed by atoms with E-state index in [4.69, 9.17) is 0 Å². The number of hydrogen-bond donors (Lipinski definition) is 1. The minimum Gasteiger partial charge on any atom is -0.367 e.